The molecule has 0 aliphatic carbocycles. The average molecular weight is 342 g/mol. The third-order valence-corrected chi connectivity index (χ3v) is 3.96. The second-order valence-corrected chi connectivity index (χ2v) is 5.71. The van der Waals surface area contributed by atoms with E-state index in [0.717, 1.165) is 6.08 Å². The van der Waals surface area contributed by atoms with Crippen molar-refractivity contribution in [2.24, 2.45) is 0 Å². The predicted octanol–water partition coefficient (Wildman–Crippen LogP) is 4.41. The Kier molecular flexibility index (Phi) is 5.01. The lowest BCUT2D eigenvalue weighted by Crippen LogP contribution is -2.11. The Morgan fingerprint density at radius 2 is 2.00 bits per heavy atom. The van der Waals surface area contributed by atoms with Gasteiger partial charge in [0.15, 0.2) is 0 Å². The Bertz CT molecular complexity index is 725. The number of carboxylic acid groups (broad SMARTS) is 1. The van der Waals surface area contributed by atoms with Gasteiger partial charge in [0, 0.05) is 11.1 Å². The molecular weight excluding hydrogens is 333 g/mol. The molecule has 2 aromatic rings. The van der Waals surface area contributed by atoms with Gasteiger partial charge in [-0.05, 0) is 41.3 Å². The molecule has 0 radical (unpaired) electrons. The lowest BCUT2D eigenvalue weighted by molar-refractivity contribution is -0.131. The van der Waals surface area contributed by atoms with Crippen molar-refractivity contribution >= 4 is 58.2 Å². The number of nitrogens with one attached hydrogen (secondary N) is 1. The number of aliphatic carboxylic acids is 1. The van der Waals surface area contributed by atoms with E-state index in [1.54, 1.807) is 23.6 Å². The van der Waals surface area contributed by atoms with Crippen molar-refractivity contribution in [3.63, 3.8) is 0 Å². The summed E-state index contributed by atoms with van der Waals surface area (Å²) in [7, 11) is 0. The molecule has 0 atom stereocenters. The molecule has 7 heteroatoms. The van der Waals surface area contributed by atoms with Gasteiger partial charge in [0.1, 0.15) is 0 Å². The molecule has 2 rings (SSSR count). The summed E-state index contributed by atoms with van der Waals surface area (Å²) in [6.45, 7) is 0. The van der Waals surface area contributed by atoms with E-state index in [0.29, 0.717) is 26.2 Å². The average Bonchev–Trinajstić information content (AvgIpc) is 2.88. The van der Waals surface area contributed by atoms with E-state index in [4.69, 9.17) is 28.3 Å². The van der Waals surface area contributed by atoms with E-state index in [1.807, 2.05) is 0 Å². The number of benzene rings is 1. The zero-order valence-corrected chi connectivity index (χ0v) is 12.8. The fourth-order valence-electron chi connectivity index (χ4n) is 1.57. The van der Waals surface area contributed by atoms with Crippen molar-refractivity contribution in [1.29, 1.82) is 0 Å². The van der Waals surface area contributed by atoms with Crippen LogP contribution in [0.2, 0.25) is 10.0 Å². The summed E-state index contributed by atoms with van der Waals surface area (Å²) in [6, 6.07) is 6.41. The van der Waals surface area contributed by atoms with Crippen LogP contribution in [0.15, 0.2) is 35.7 Å². The minimum atomic E-state index is -1.08. The highest BCUT2D eigenvalue weighted by molar-refractivity contribution is 7.12. The van der Waals surface area contributed by atoms with Crippen LogP contribution in [0.5, 0.6) is 0 Å². The number of carbonyl (C=O) groups excluding carboxylic acids is 1. The van der Waals surface area contributed by atoms with Crippen LogP contribution < -0.4 is 5.32 Å². The van der Waals surface area contributed by atoms with Crippen molar-refractivity contribution in [3.05, 3.63) is 56.2 Å². The van der Waals surface area contributed by atoms with Crippen LogP contribution in [0.25, 0.3) is 6.08 Å². The van der Waals surface area contributed by atoms with Crippen molar-refractivity contribution in [1.82, 2.24) is 0 Å². The predicted molar refractivity (Wildman–Crippen MR) is 85.4 cm³/mol. The van der Waals surface area contributed by atoms with Gasteiger partial charge in [-0.1, -0.05) is 23.2 Å². The van der Waals surface area contributed by atoms with Crippen LogP contribution in [0.1, 0.15) is 15.2 Å². The normalized spacial score (nSPS) is 10.8. The van der Waals surface area contributed by atoms with Crippen LogP contribution in [0.4, 0.5) is 5.69 Å². The topological polar surface area (TPSA) is 66.4 Å². The van der Waals surface area contributed by atoms with Crippen LogP contribution in [0, 0.1) is 0 Å². The van der Waals surface area contributed by atoms with E-state index in [2.05, 4.69) is 5.32 Å². The molecule has 1 heterocycles. The van der Waals surface area contributed by atoms with Crippen LogP contribution in [0.3, 0.4) is 0 Å². The number of carboxylic acids is 1. The molecule has 1 aromatic heterocycles. The van der Waals surface area contributed by atoms with Gasteiger partial charge < -0.3 is 10.4 Å². The lowest BCUT2D eigenvalue weighted by atomic mass is 10.2. The first-order valence-electron chi connectivity index (χ1n) is 5.72. The van der Waals surface area contributed by atoms with Crippen LogP contribution >= 0.6 is 34.5 Å². The zero-order valence-electron chi connectivity index (χ0n) is 10.5. The number of hydrogen-bond donors (Lipinski definition) is 2. The number of thiophene rings is 1. The summed E-state index contributed by atoms with van der Waals surface area (Å²) in [5.41, 5.74) is 0.970. The molecule has 21 heavy (non-hydrogen) atoms. The molecule has 2 N–H and O–H groups in total. The monoisotopic (exact) mass is 341 g/mol. The van der Waals surface area contributed by atoms with Crippen LogP contribution in [-0.2, 0) is 4.79 Å². The number of halogens is 2. The SMILES string of the molecule is O=C(O)C=Cc1ccsc1C(=O)Nc1ccc(Cl)cc1Cl. The Hall–Kier alpha value is -1.82. The van der Waals surface area contributed by atoms with Gasteiger partial charge in [-0.2, -0.15) is 0 Å². The van der Waals surface area contributed by atoms with Crippen molar-refractivity contribution in [2.75, 3.05) is 5.32 Å². The lowest BCUT2D eigenvalue weighted by Gasteiger charge is -2.07. The summed E-state index contributed by atoms with van der Waals surface area (Å²) in [5, 5.41) is 13.8. The fourth-order valence-corrected chi connectivity index (χ4v) is 2.80. The second-order valence-electron chi connectivity index (χ2n) is 3.95. The largest absolute Gasteiger partial charge is 0.478 e. The maximum atomic E-state index is 12.2. The van der Waals surface area contributed by atoms with Crippen molar-refractivity contribution in [3.8, 4) is 0 Å². The fraction of sp³-hybridized carbons (Fsp3) is 0. The molecule has 0 spiro atoms. The molecule has 0 unspecified atom stereocenters. The van der Waals surface area contributed by atoms with Gasteiger partial charge in [0.2, 0.25) is 0 Å². The third-order valence-electron chi connectivity index (χ3n) is 2.49. The first-order chi connectivity index (χ1) is 9.97. The Labute approximate surface area is 134 Å². The van der Waals surface area contributed by atoms with Gasteiger partial charge in [0.25, 0.3) is 5.91 Å². The molecule has 0 saturated carbocycles. The molecule has 0 aliphatic heterocycles. The molecular formula is C14H9Cl2NO3S. The quantitative estimate of drug-likeness (QED) is 0.809. The summed E-state index contributed by atoms with van der Waals surface area (Å²) >= 11 is 13.0. The summed E-state index contributed by atoms with van der Waals surface area (Å²) in [4.78, 5) is 23.1. The number of carbonyl (C=O) groups is 2. The van der Waals surface area contributed by atoms with Gasteiger partial charge in [-0.15, -0.1) is 11.3 Å². The van der Waals surface area contributed by atoms with E-state index in [-0.39, 0.29) is 5.91 Å². The van der Waals surface area contributed by atoms with Crippen molar-refractivity contribution in [2.45, 2.75) is 0 Å². The molecule has 4 nitrogen and oxygen atoms in total. The Morgan fingerprint density at radius 3 is 2.67 bits per heavy atom. The highest BCUT2D eigenvalue weighted by atomic mass is 35.5. The number of amides is 1. The van der Waals surface area contributed by atoms with Gasteiger partial charge in [-0.3, -0.25) is 4.79 Å². The van der Waals surface area contributed by atoms with Gasteiger partial charge in [0.05, 0.1) is 15.6 Å². The number of anilines is 1. The maximum absolute atomic E-state index is 12.2. The third kappa shape index (κ3) is 4.07. The number of rotatable bonds is 4. The van der Waals surface area contributed by atoms with E-state index < -0.39 is 5.97 Å². The minimum absolute atomic E-state index is 0.329. The zero-order chi connectivity index (χ0) is 15.4. The van der Waals surface area contributed by atoms with E-state index >= 15 is 0 Å². The summed E-state index contributed by atoms with van der Waals surface area (Å²) in [5.74, 6) is -1.44. The molecule has 0 aliphatic rings. The van der Waals surface area contributed by atoms with Crippen molar-refractivity contribution < 1.29 is 14.7 Å². The summed E-state index contributed by atoms with van der Waals surface area (Å²) in [6.07, 6.45) is 2.35. The first kappa shape index (κ1) is 15.6. The molecule has 1 aromatic carbocycles. The maximum Gasteiger partial charge on any atom is 0.328 e. The Morgan fingerprint density at radius 1 is 1.24 bits per heavy atom. The molecule has 0 bridgehead atoms. The summed E-state index contributed by atoms with van der Waals surface area (Å²) < 4.78 is 0. The first-order valence-corrected chi connectivity index (χ1v) is 7.36. The molecule has 0 saturated heterocycles. The minimum Gasteiger partial charge on any atom is -0.478 e. The van der Waals surface area contributed by atoms with E-state index in [1.165, 1.54) is 23.5 Å². The second kappa shape index (κ2) is 6.76. The highest BCUT2D eigenvalue weighted by Crippen LogP contribution is 2.27. The van der Waals surface area contributed by atoms with E-state index in [9.17, 15) is 9.59 Å². The number of hydrogen-bond acceptors (Lipinski definition) is 3. The molecule has 0 fully saturated rings. The standard InChI is InChI=1S/C14H9Cl2NO3S/c15-9-2-3-11(10(16)7-9)17-14(20)13-8(5-6-21-13)1-4-12(18)19/h1-7H,(H,17,20)(H,18,19). The highest BCUT2D eigenvalue weighted by Gasteiger charge is 2.13. The molecule has 1 amide bonds. The Balaban J connectivity index is 2.21. The van der Waals surface area contributed by atoms with Crippen LogP contribution in [-0.4, -0.2) is 17.0 Å². The molecule has 108 valence electrons. The van der Waals surface area contributed by atoms with Gasteiger partial charge >= 0.3 is 5.97 Å². The smallest absolute Gasteiger partial charge is 0.328 e. The van der Waals surface area contributed by atoms with Gasteiger partial charge in [-0.25, -0.2) is 4.79 Å².